The van der Waals surface area contributed by atoms with Gasteiger partial charge in [0.2, 0.25) is 5.91 Å². The van der Waals surface area contributed by atoms with Crippen molar-refractivity contribution in [3.63, 3.8) is 0 Å². The van der Waals surface area contributed by atoms with E-state index in [-0.39, 0.29) is 10.6 Å². The van der Waals surface area contributed by atoms with Crippen molar-refractivity contribution in [1.82, 2.24) is 5.32 Å². The second kappa shape index (κ2) is 7.19. The molecule has 1 aliphatic heterocycles. The third-order valence-corrected chi connectivity index (χ3v) is 5.47. The van der Waals surface area contributed by atoms with E-state index in [9.17, 15) is 9.36 Å². The summed E-state index contributed by atoms with van der Waals surface area (Å²) in [5, 5.41) is 9.65. The zero-order chi connectivity index (χ0) is 18.0. The van der Waals surface area contributed by atoms with E-state index in [1.54, 1.807) is 6.21 Å². The number of amides is 1. The monoisotopic (exact) mass is 369 g/mol. The Hall–Kier alpha value is -1.47. The van der Waals surface area contributed by atoms with Gasteiger partial charge < -0.3 is 15.1 Å². The summed E-state index contributed by atoms with van der Waals surface area (Å²) in [7, 11) is -4.25. The quantitative estimate of drug-likeness (QED) is 0.427. The Bertz CT molecular complexity index is 719. The first-order chi connectivity index (χ1) is 11.0. The highest BCUT2D eigenvalue weighted by molar-refractivity contribution is 8.15. The van der Waals surface area contributed by atoms with Crippen LogP contribution in [0.15, 0.2) is 34.5 Å². The topological polar surface area (TPSA) is 111 Å². The molecule has 2 rings (SSSR count). The molecule has 1 aromatic rings. The smallest absolute Gasteiger partial charge is 0.324 e. The van der Waals surface area contributed by atoms with Gasteiger partial charge in [0.1, 0.15) is 5.25 Å². The third kappa shape index (κ3) is 5.56. The average Bonchev–Trinajstić information content (AvgIpc) is 2.76. The lowest BCUT2D eigenvalue weighted by Gasteiger charge is -2.18. The molecule has 0 aromatic heterocycles. The van der Waals surface area contributed by atoms with E-state index in [0.29, 0.717) is 0 Å². The van der Waals surface area contributed by atoms with Gasteiger partial charge in [0, 0.05) is 0 Å². The van der Waals surface area contributed by atoms with Crippen LogP contribution >= 0.6 is 19.4 Å². The standard InChI is InChI=1S/C15H20N3O4PS/c1-15(2,3)11-6-4-10(5-7-11)8-16-18-14-17-13(19)12(24-14)9-23(20,21)22/h4-8,12H,9H2,1-3H3,(H,17,18,19)(H2,20,21,22)/b16-8+. The van der Waals surface area contributed by atoms with Crippen LogP contribution in [0, 0.1) is 0 Å². The fraction of sp³-hybridized carbons (Fsp3) is 0.400. The molecule has 3 N–H and O–H groups in total. The van der Waals surface area contributed by atoms with E-state index in [2.05, 4.69) is 36.3 Å². The fourth-order valence-corrected chi connectivity index (χ4v) is 4.17. The van der Waals surface area contributed by atoms with Gasteiger partial charge in [-0.15, -0.1) is 5.10 Å². The molecule has 7 nitrogen and oxygen atoms in total. The molecule has 1 saturated heterocycles. The fourth-order valence-electron chi connectivity index (χ4n) is 2.01. The Morgan fingerprint density at radius 1 is 1.29 bits per heavy atom. The minimum absolute atomic E-state index is 0.0779. The van der Waals surface area contributed by atoms with Crippen LogP contribution in [0.3, 0.4) is 0 Å². The third-order valence-electron chi connectivity index (χ3n) is 3.31. The predicted molar refractivity (Wildman–Crippen MR) is 96.6 cm³/mol. The molecule has 1 atom stereocenters. The molecule has 1 fully saturated rings. The maximum atomic E-state index is 11.6. The van der Waals surface area contributed by atoms with Crippen LogP contribution in [0.1, 0.15) is 31.9 Å². The summed E-state index contributed by atoms with van der Waals surface area (Å²) in [5.74, 6) is -0.466. The second-order valence-corrected chi connectivity index (χ2v) is 9.35. The number of thioether (sulfide) groups is 1. The number of carbonyl (C=O) groups is 1. The maximum absolute atomic E-state index is 11.6. The molecule has 1 aliphatic rings. The van der Waals surface area contributed by atoms with Crippen LogP contribution in [0.5, 0.6) is 0 Å². The lowest BCUT2D eigenvalue weighted by molar-refractivity contribution is -0.118. The summed E-state index contributed by atoms with van der Waals surface area (Å²) < 4.78 is 11.0. The Morgan fingerprint density at radius 3 is 2.46 bits per heavy atom. The highest BCUT2D eigenvalue weighted by Gasteiger charge is 2.35. The molecular weight excluding hydrogens is 349 g/mol. The molecule has 9 heteroatoms. The van der Waals surface area contributed by atoms with Crippen LogP contribution in [-0.2, 0) is 14.8 Å². The maximum Gasteiger partial charge on any atom is 0.327 e. The molecule has 0 bridgehead atoms. The number of benzene rings is 1. The van der Waals surface area contributed by atoms with Gasteiger partial charge in [-0.05, 0) is 16.5 Å². The Balaban J connectivity index is 1.99. The van der Waals surface area contributed by atoms with Crippen LogP contribution in [-0.4, -0.2) is 38.5 Å². The minimum atomic E-state index is -4.25. The first kappa shape index (κ1) is 18.9. The first-order valence-electron chi connectivity index (χ1n) is 7.28. The number of carbonyl (C=O) groups excluding carboxylic acids is 1. The molecule has 1 unspecified atom stereocenters. The van der Waals surface area contributed by atoms with Crippen LogP contribution in [0.2, 0.25) is 0 Å². The van der Waals surface area contributed by atoms with Gasteiger partial charge in [-0.1, -0.05) is 56.8 Å². The van der Waals surface area contributed by atoms with E-state index in [1.807, 2.05) is 24.3 Å². The molecule has 0 radical (unpaired) electrons. The van der Waals surface area contributed by atoms with Gasteiger partial charge >= 0.3 is 7.60 Å². The van der Waals surface area contributed by atoms with Crippen molar-refractivity contribution in [3.8, 4) is 0 Å². The predicted octanol–water partition coefficient (Wildman–Crippen LogP) is 2.08. The Labute approximate surface area is 144 Å². The minimum Gasteiger partial charge on any atom is -0.324 e. The number of nitrogens with one attached hydrogen (secondary N) is 1. The Morgan fingerprint density at radius 2 is 1.92 bits per heavy atom. The summed E-state index contributed by atoms with van der Waals surface area (Å²) in [6.07, 6.45) is 1.04. The van der Waals surface area contributed by atoms with Gasteiger partial charge in [-0.3, -0.25) is 9.36 Å². The van der Waals surface area contributed by atoms with Crippen molar-refractivity contribution < 1.29 is 19.1 Å². The average molecular weight is 369 g/mol. The van der Waals surface area contributed by atoms with Crippen molar-refractivity contribution in [2.75, 3.05) is 6.16 Å². The lowest BCUT2D eigenvalue weighted by atomic mass is 9.87. The summed E-state index contributed by atoms with van der Waals surface area (Å²) in [6, 6.07) is 7.91. The SMILES string of the molecule is CC(C)(C)c1ccc(/C=N/N=C2\NC(=O)C(CP(=O)(O)O)S2)cc1. The van der Waals surface area contributed by atoms with Crippen molar-refractivity contribution in [3.05, 3.63) is 35.4 Å². The number of hydrogen-bond acceptors (Lipinski definition) is 5. The van der Waals surface area contributed by atoms with Gasteiger partial charge in [-0.25, -0.2) is 0 Å². The summed E-state index contributed by atoms with van der Waals surface area (Å²) in [4.78, 5) is 29.5. The molecule has 1 aromatic carbocycles. The molecule has 1 amide bonds. The molecule has 0 saturated carbocycles. The highest BCUT2D eigenvalue weighted by atomic mass is 32.2. The van der Waals surface area contributed by atoms with Crippen LogP contribution in [0.25, 0.3) is 0 Å². The van der Waals surface area contributed by atoms with E-state index in [0.717, 1.165) is 17.3 Å². The Kier molecular flexibility index (Phi) is 5.65. The zero-order valence-corrected chi connectivity index (χ0v) is 15.3. The molecule has 1 heterocycles. The van der Waals surface area contributed by atoms with Gasteiger partial charge in [0.25, 0.3) is 0 Å². The van der Waals surface area contributed by atoms with E-state index < -0.39 is 24.9 Å². The van der Waals surface area contributed by atoms with E-state index >= 15 is 0 Å². The highest BCUT2D eigenvalue weighted by Crippen LogP contribution is 2.39. The lowest BCUT2D eigenvalue weighted by Crippen LogP contribution is -2.26. The van der Waals surface area contributed by atoms with Gasteiger partial charge in [0.05, 0.1) is 12.4 Å². The number of amidine groups is 1. The molecule has 24 heavy (non-hydrogen) atoms. The number of rotatable bonds is 4. The number of nitrogens with zero attached hydrogens (tertiary/aromatic N) is 2. The number of hydrogen-bond donors (Lipinski definition) is 3. The van der Waals surface area contributed by atoms with Crippen LogP contribution in [0.4, 0.5) is 0 Å². The zero-order valence-electron chi connectivity index (χ0n) is 13.6. The molecular formula is C15H20N3O4PS. The molecule has 0 aliphatic carbocycles. The second-order valence-electron chi connectivity index (χ2n) is 6.46. The van der Waals surface area contributed by atoms with Gasteiger partial charge in [0.15, 0.2) is 5.17 Å². The van der Waals surface area contributed by atoms with Crippen molar-refractivity contribution in [2.24, 2.45) is 10.2 Å². The van der Waals surface area contributed by atoms with Gasteiger partial charge in [-0.2, -0.15) is 5.10 Å². The molecule has 130 valence electrons. The van der Waals surface area contributed by atoms with E-state index in [4.69, 9.17) is 9.79 Å². The summed E-state index contributed by atoms with van der Waals surface area (Å²) >= 11 is 0.970. The van der Waals surface area contributed by atoms with Crippen molar-refractivity contribution in [1.29, 1.82) is 0 Å². The normalized spacial score (nSPS) is 20.8. The summed E-state index contributed by atoms with van der Waals surface area (Å²) in [6.45, 7) is 6.41. The first-order valence-corrected chi connectivity index (χ1v) is 9.96. The largest absolute Gasteiger partial charge is 0.327 e. The van der Waals surface area contributed by atoms with Crippen molar-refractivity contribution in [2.45, 2.75) is 31.4 Å². The van der Waals surface area contributed by atoms with Crippen LogP contribution < -0.4 is 5.32 Å². The summed E-state index contributed by atoms with van der Waals surface area (Å²) in [5.41, 5.74) is 2.16. The molecule has 0 spiro atoms. The van der Waals surface area contributed by atoms with Crippen molar-refractivity contribution >= 4 is 36.6 Å². The van der Waals surface area contributed by atoms with E-state index in [1.165, 1.54) is 5.56 Å².